The maximum Gasteiger partial charge on any atom is 0.263 e. The van der Waals surface area contributed by atoms with Gasteiger partial charge < -0.3 is 11.1 Å². The van der Waals surface area contributed by atoms with Crippen molar-refractivity contribution in [1.29, 1.82) is 0 Å². The van der Waals surface area contributed by atoms with Crippen molar-refractivity contribution in [2.45, 2.75) is 13.0 Å². The normalized spacial score (nSPS) is 13.4. The molecule has 7 heteroatoms. The lowest BCUT2D eigenvalue weighted by Gasteiger charge is -2.12. The molecule has 1 atom stereocenters. The van der Waals surface area contributed by atoms with E-state index >= 15 is 0 Å². The molecule has 0 radical (unpaired) electrons. The van der Waals surface area contributed by atoms with E-state index in [1.165, 1.54) is 11.3 Å². The number of hydrogen-bond donors (Lipinski definition) is 2. The van der Waals surface area contributed by atoms with E-state index in [0.29, 0.717) is 10.6 Å². The first-order valence-corrected chi connectivity index (χ1v) is 7.55. The third-order valence-electron chi connectivity index (χ3n) is 1.83. The predicted octanol–water partition coefficient (Wildman–Crippen LogP) is 0.493. The summed E-state index contributed by atoms with van der Waals surface area (Å²) in [6.07, 6.45) is 1.13. The fourth-order valence-electron chi connectivity index (χ4n) is 1.29. The Morgan fingerprint density at radius 3 is 2.69 bits per heavy atom. The van der Waals surface area contributed by atoms with Gasteiger partial charge in [0.15, 0.2) is 0 Å². The number of hydrogen-bond acceptors (Lipinski definition) is 5. The third kappa shape index (κ3) is 3.82. The molecule has 0 aliphatic carbocycles. The predicted molar refractivity (Wildman–Crippen MR) is 65.4 cm³/mol. The fraction of sp³-hybridized carbons (Fsp3) is 0.444. The molecule has 0 aliphatic heterocycles. The van der Waals surface area contributed by atoms with Gasteiger partial charge in [-0.15, -0.1) is 11.3 Å². The first-order valence-electron chi connectivity index (χ1n) is 4.61. The van der Waals surface area contributed by atoms with E-state index in [2.05, 4.69) is 5.32 Å². The SMILES string of the molecule is CC(CS(C)(=O)=O)NC(=O)c1sccc1N. The second kappa shape index (κ2) is 4.84. The third-order valence-corrected chi connectivity index (χ3v) is 3.87. The summed E-state index contributed by atoms with van der Waals surface area (Å²) >= 11 is 1.23. The van der Waals surface area contributed by atoms with Gasteiger partial charge in [0.05, 0.1) is 11.4 Å². The second-order valence-electron chi connectivity index (χ2n) is 3.67. The van der Waals surface area contributed by atoms with Gasteiger partial charge in [-0.25, -0.2) is 8.42 Å². The Kier molecular flexibility index (Phi) is 3.93. The standard InChI is InChI=1S/C9H14N2O3S2/c1-6(5-16(2,13)14)11-9(12)8-7(10)3-4-15-8/h3-4,6H,5,10H2,1-2H3,(H,11,12). The Morgan fingerprint density at radius 1 is 1.62 bits per heavy atom. The number of amides is 1. The van der Waals surface area contributed by atoms with Crippen molar-refractivity contribution in [1.82, 2.24) is 5.32 Å². The van der Waals surface area contributed by atoms with Crippen LogP contribution in [0.5, 0.6) is 0 Å². The van der Waals surface area contributed by atoms with Crippen molar-refractivity contribution in [2.75, 3.05) is 17.7 Å². The maximum absolute atomic E-state index is 11.6. The lowest BCUT2D eigenvalue weighted by atomic mass is 10.3. The Bertz CT molecular complexity index is 479. The van der Waals surface area contributed by atoms with Gasteiger partial charge in [0, 0.05) is 12.3 Å². The number of thiophene rings is 1. The highest BCUT2D eigenvalue weighted by molar-refractivity contribution is 7.90. The van der Waals surface area contributed by atoms with Crippen LogP contribution in [0.1, 0.15) is 16.6 Å². The van der Waals surface area contributed by atoms with Gasteiger partial charge in [0.25, 0.3) is 5.91 Å². The molecule has 0 saturated heterocycles. The van der Waals surface area contributed by atoms with Crippen molar-refractivity contribution in [3.05, 3.63) is 16.3 Å². The van der Waals surface area contributed by atoms with Gasteiger partial charge in [-0.05, 0) is 18.4 Å². The summed E-state index contributed by atoms with van der Waals surface area (Å²) in [4.78, 5) is 12.1. The average molecular weight is 262 g/mol. The van der Waals surface area contributed by atoms with E-state index in [4.69, 9.17) is 5.73 Å². The van der Waals surface area contributed by atoms with Gasteiger partial charge in [0.2, 0.25) is 0 Å². The van der Waals surface area contributed by atoms with Crippen molar-refractivity contribution in [2.24, 2.45) is 0 Å². The largest absolute Gasteiger partial charge is 0.397 e. The van der Waals surface area contributed by atoms with Crippen LogP contribution in [-0.2, 0) is 9.84 Å². The summed E-state index contributed by atoms with van der Waals surface area (Å²) in [6.45, 7) is 1.64. The minimum Gasteiger partial charge on any atom is -0.397 e. The van der Waals surface area contributed by atoms with Crippen molar-refractivity contribution >= 4 is 32.8 Å². The Balaban J connectivity index is 2.63. The molecule has 1 amide bonds. The van der Waals surface area contributed by atoms with E-state index in [9.17, 15) is 13.2 Å². The van der Waals surface area contributed by atoms with Crippen LogP contribution in [0.15, 0.2) is 11.4 Å². The van der Waals surface area contributed by atoms with E-state index in [0.717, 1.165) is 6.26 Å². The molecule has 0 saturated carbocycles. The van der Waals surface area contributed by atoms with Crippen LogP contribution in [0.2, 0.25) is 0 Å². The number of nitrogen functional groups attached to an aromatic ring is 1. The first kappa shape index (κ1) is 13.0. The molecule has 1 heterocycles. The number of anilines is 1. The van der Waals surface area contributed by atoms with Crippen molar-refractivity contribution < 1.29 is 13.2 Å². The highest BCUT2D eigenvalue weighted by atomic mass is 32.2. The molecular weight excluding hydrogens is 248 g/mol. The number of nitrogens with one attached hydrogen (secondary N) is 1. The minimum atomic E-state index is -3.09. The summed E-state index contributed by atoms with van der Waals surface area (Å²) in [7, 11) is -3.09. The van der Waals surface area contributed by atoms with Crippen molar-refractivity contribution in [3.8, 4) is 0 Å². The summed E-state index contributed by atoms with van der Waals surface area (Å²) in [5.41, 5.74) is 5.99. The maximum atomic E-state index is 11.6. The molecule has 0 fully saturated rings. The van der Waals surface area contributed by atoms with Crippen LogP contribution >= 0.6 is 11.3 Å². The number of carbonyl (C=O) groups excluding carboxylic acids is 1. The average Bonchev–Trinajstić information content (AvgIpc) is 2.47. The van der Waals surface area contributed by atoms with Crippen LogP contribution in [0.3, 0.4) is 0 Å². The lowest BCUT2D eigenvalue weighted by Crippen LogP contribution is -2.37. The molecule has 1 rings (SSSR count). The summed E-state index contributed by atoms with van der Waals surface area (Å²) in [5, 5.41) is 4.31. The topological polar surface area (TPSA) is 89.3 Å². The van der Waals surface area contributed by atoms with Crippen LogP contribution < -0.4 is 11.1 Å². The fourth-order valence-corrected chi connectivity index (χ4v) is 3.00. The molecule has 0 aromatic carbocycles. The van der Waals surface area contributed by atoms with Gasteiger partial charge >= 0.3 is 0 Å². The molecular formula is C9H14N2O3S2. The van der Waals surface area contributed by atoms with Gasteiger partial charge in [-0.2, -0.15) is 0 Å². The van der Waals surface area contributed by atoms with Crippen LogP contribution in [0.4, 0.5) is 5.69 Å². The smallest absolute Gasteiger partial charge is 0.263 e. The van der Waals surface area contributed by atoms with E-state index < -0.39 is 15.9 Å². The summed E-state index contributed by atoms with van der Waals surface area (Å²) in [5.74, 6) is -0.409. The number of nitrogens with two attached hydrogens (primary N) is 1. The second-order valence-corrected chi connectivity index (χ2v) is 6.77. The molecule has 5 nitrogen and oxygen atoms in total. The number of carbonyl (C=O) groups is 1. The Labute approximate surface area is 98.6 Å². The number of sulfone groups is 1. The lowest BCUT2D eigenvalue weighted by molar-refractivity contribution is 0.0948. The summed E-state index contributed by atoms with van der Waals surface area (Å²) in [6, 6.07) is 1.21. The van der Waals surface area contributed by atoms with Crippen LogP contribution in [0, 0.1) is 0 Å². The highest BCUT2D eigenvalue weighted by Gasteiger charge is 2.16. The highest BCUT2D eigenvalue weighted by Crippen LogP contribution is 2.18. The molecule has 90 valence electrons. The molecule has 3 N–H and O–H groups in total. The van der Waals surface area contributed by atoms with Crippen LogP contribution in [0.25, 0.3) is 0 Å². The molecule has 0 aliphatic rings. The molecule has 1 aromatic heterocycles. The molecule has 0 spiro atoms. The zero-order chi connectivity index (χ0) is 12.3. The molecule has 1 aromatic rings. The zero-order valence-electron chi connectivity index (χ0n) is 9.06. The zero-order valence-corrected chi connectivity index (χ0v) is 10.7. The van der Waals surface area contributed by atoms with Gasteiger partial charge in [-0.1, -0.05) is 0 Å². The monoisotopic (exact) mass is 262 g/mol. The minimum absolute atomic E-state index is 0.0793. The number of rotatable bonds is 4. The summed E-state index contributed by atoms with van der Waals surface area (Å²) < 4.78 is 22.0. The molecule has 16 heavy (non-hydrogen) atoms. The molecule has 1 unspecified atom stereocenters. The van der Waals surface area contributed by atoms with Crippen LogP contribution in [-0.4, -0.2) is 32.4 Å². The van der Waals surface area contributed by atoms with E-state index in [-0.39, 0.29) is 11.7 Å². The first-order chi connectivity index (χ1) is 7.29. The van der Waals surface area contributed by atoms with Gasteiger partial charge in [0.1, 0.15) is 14.7 Å². The van der Waals surface area contributed by atoms with Crippen molar-refractivity contribution in [3.63, 3.8) is 0 Å². The Hall–Kier alpha value is -1.08. The van der Waals surface area contributed by atoms with Gasteiger partial charge in [-0.3, -0.25) is 4.79 Å². The Morgan fingerprint density at radius 2 is 2.25 bits per heavy atom. The van der Waals surface area contributed by atoms with E-state index in [1.54, 1.807) is 18.4 Å². The molecule has 0 bridgehead atoms. The quantitative estimate of drug-likeness (QED) is 0.826. The van der Waals surface area contributed by atoms with E-state index in [1.807, 2.05) is 0 Å².